The van der Waals surface area contributed by atoms with Crippen molar-refractivity contribution in [3.63, 3.8) is 0 Å². The number of hydrogen-bond donors (Lipinski definition) is 1. The van der Waals surface area contributed by atoms with Gasteiger partial charge in [-0.3, -0.25) is 10.0 Å². The Morgan fingerprint density at radius 1 is 1.50 bits per heavy atom. The predicted molar refractivity (Wildman–Crippen MR) is 38.7 cm³/mol. The van der Waals surface area contributed by atoms with E-state index in [1.165, 1.54) is 6.92 Å². The maximum atomic E-state index is 10.6. The molecule has 0 aromatic carbocycles. The Morgan fingerprint density at radius 2 is 1.90 bits per heavy atom. The summed E-state index contributed by atoms with van der Waals surface area (Å²) in [4.78, 5) is 10.6. The molecule has 10 heavy (non-hydrogen) atoms. The summed E-state index contributed by atoms with van der Waals surface area (Å²) in [5, 5.41) is 9.88. The van der Waals surface area contributed by atoms with Crippen LogP contribution < -0.4 is 0 Å². The van der Waals surface area contributed by atoms with Gasteiger partial charge in [-0.2, -0.15) is 0 Å². The topological polar surface area (TPSA) is 40.5 Å². The SMILES string of the molecule is CCC(CC)N(O)C(C)=O. The Balaban J connectivity index is 3.88. The molecule has 0 saturated carbocycles. The molecule has 0 atom stereocenters. The smallest absolute Gasteiger partial charge is 0.243 e. The van der Waals surface area contributed by atoms with E-state index in [2.05, 4.69) is 0 Å². The summed E-state index contributed by atoms with van der Waals surface area (Å²) in [6.07, 6.45) is 1.60. The van der Waals surface area contributed by atoms with Crippen LogP contribution in [0.25, 0.3) is 0 Å². The van der Waals surface area contributed by atoms with Gasteiger partial charge in [-0.15, -0.1) is 0 Å². The van der Waals surface area contributed by atoms with E-state index in [0.717, 1.165) is 17.9 Å². The Morgan fingerprint density at radius 3 is 2.00 bits per heavy atom. The van der Waals surface area contributed by atoms with E-state index in [4.69, 9.17) is 5.21 Å². The van der Waals surface area contributed by atoms with Crippen molar-refractivity contribution >= 4 is 5.91 Å². The van der Waals surface area contributed by atoms with Crippen LogP contribution in [0.2, 0.25) is 0 Å². The van der Waals surface area contributed by atoms with Crippen LogP contribution in [0.3, 0.4) is 0 Å². The first-order valence-corrected chi connectivity index (χ1v) is 3.62. The predicted octanol–water partition coefficient (Wildman–Crippen LogP) is 1.41. The van der Waals surface area contributed by atoms with E-state index in [9.17, 15) is 4.79 Å². The average Bonchev–Trinajstić information content (AvgIpc) is 1.90. The molecule has 3 nitrogen and oxygen atoms in total. The van der Waals surface area contributed by atoms with Gasteiger partial charge in [0.15, 0.2) is 0 Å². The van der Waals surface area contributed by atoms with Crippen LogP contribution in [0.1, 0.15) is 33.6 Å². The average molecular weight is 145 g/mol. The minimum absolute atomic E-state index is 0.0162. The molecule has 0 rings (SSSR count). The maximum absolute atomic E-state index is 10.6. The third-order valence-electron chi connectivity index (χ3n) is 1.61. The molecule has 0 fully saturated rings. The first kappa shape index (κ1) is 9.43. The zero-order chi connectivity index (χ0) is 8.15. The second-order valence-corrected chi connectivity index (χ2v) is 2.33. The van der Waals surface area contributed by atoms with Gasteiger partial charge in [0, 0.05) is 6.92 Å². The van der Waals surface area contributed by atoms with Gasteiger partial charge in [-0.05, 0) is 12.8 Å². The Kier molecular flexibility index (Phi) is 4.03. The fraction of sp³-hybridized carbons (Fsp3) is 0.857. The van der Waals surface area contributed by atoms with Crippen molar-refractivity contribution < 1.29 is 10.0 Å². The van der Waals surface area contributed by atoms with Crippen molar-refractivity contribution in [2.45, 2.75) is 39.7 Å². The first-order chi connectivity index (χ1) is 4.63. The summed E-state index contributed by atoms with van der Waals surface area (Å²) >= 11 is 0. The van der Waals surface area contributed by atoms with E-state index >= 15 is 0 Å². The maximum Gasteiger partial charge on any atom is 0.243 e. The lowest BCUT2D eigenvalue weighted by Gasteiger charge is -2.21. The highest BCUT2D eigenvalue weighted by Crippen LogP contribution is 2.04. The quantitative estimate of drug-likeness (QED) is 0.482. The third-order valence-corrected chi connectivity index (χ3v) is 1.61. The number of carbonyl (C=O) groups excluding carboxylic acids is 1. The number of hydrogen-bond acceptors (Lipinski definition) is 2. The second kappa shape index (κ2) is 4.28. The number of amides is 1. The van der Waals surface area contributed by atoms with Crippen LogP contribution in [0, 0.1) is 0 Å². The molecule has 0 unspecified atom stereocenters. The molecule has 0 aromatic heterocycles. The molecule has 0 bridgehead atoms. The molecule has 0 aliphatic heterocycles. The molecule has 60 valence electrons. The van der Waals surface area contributed by atoms with Gasteiger partial charge in [-0.1, -0.05) is 13.8 Å². The second-order valence-electron chi connectivity index (χ2n) is 2.33. The van der Waals surface area contributed by atoms with E-state index in [0.29, 0.717) is 0 Å². The molecule has 0 aliphatic carbocycles. The number of carbonyl (C=O) groups is 1. The van der Waals surface area contributed by atoms with E-state index in [1.807, 2.05) is 13.8 Å². The largest absolute Gasteiger partial charge is 0.286 e. The van der Waals surface area contributed by atoms with Crippen molar-refractivity contribution in [2.75, 3.05) is 0 Å². The van der Waals surface area contributed by atoms with E-state index in [-0.39, 0.29) is 11.9 Å². The molecule has 0 saturated heterocycles. The van der Waals surface area contributed by atoms with Crippen LogP contribution >= 0.6 is 0 Å². The van der Waals surface area contributed by atoms with Crippen LogP contribution in [0.4, 0.5) is 0 Å². The van der Waals surface area contributed by atoms with Crippen LogP contribution in [0.15, 0.2) is 0 Å². The molecular formula is C7H15NO2. The first-order valence-electron chi connectivity index (χ1n) is 3.62. The molecule has 1 N–H and O–H groups in total. The summed E-state index contributed by atoms with van der Waals surface area (Å²) in [6, 6.07) is -0.0162. The highest BCUT2D eigenvalue weighted by Gasteiger charge is 2.14. The van der Waals surface area contributed by atoms with Crippen molar-refractivity contribution in [2.24, 2.45) is 0 Å². The van der Waals surface area contributed by atoms with E-state index in [1.54, 1.807) is 0 Å². The zero-order valence-electron chi connectivity index (χ0n) is 6.79. The van der Waals surface area contributed by atoms with Gasteiger partial charge in [-0.25, -0.2) is 5.06 Å². The van der Waals surface area contributed by atoms with Gasteiger partial charge in [0.2, 0.25) is 5.91 Å². The summed E-state index contributed by atoms with van der Waals surface area (Å²) in [5.41, 5.74) is 0. The number of rotatable bonds is 3. The molecule has 0 aliphatic rings. The molecule has 1 amide bonds. The molecule has 0 spiro atoms. The summed E-state index contributed by atoms with van der Waals surface area (Å²) < 4.78 is 0. The minimum Gasteiger partial charge on any atom is -0.286 e. The fourth-order valence-electron chi connectivity index (χ4n) is 0.892. The molecule has 3 heteroatoms. The van der Waals surface area contributed by atoms with E-state index < -0.39 is 0 Å². The Hall–Kier alpha value is -0.570. The summed E-state index contributed by atoms with van der Waals surface area (Å²) in [5.74, 6) is -0.284. The van der Waals surface area contributed by atoms with Gasteiger partial charge in [0.1, 0.15) is 0 Å². The van der Waals surface area contributed by atoms with Crippen molar-refractivity contribution in [1.29, 1.82) is 0 Å². The normalized spacial score (nSPS) is 10.1. The number of hydroxylamine groups is 2. The lowest BCUT2D eigenvalue weighted by atomic mass is 10.2. The van der Waals surface area contributed by atoms with Crippen molar-refractivity contribution in [3.8, 4) is 0 Å². The Bertz CT molecular complexity index is 110. The summed E-state index contributed by atoms with van der Waals surface area (Å²) in [6.45, 7) is 5.25. The minimum atomic E-state index is -0.284. The van der Waals surface area contributed by atoms with Crippen LogP contribution in [-0.2, 0) is 4.79 Å². The number of nitrogens with zero attached hydrogens (tertiary/aromatic N) is 1. The summed E-state index contributed by atoms with van der Waals surface area (Å²) in [7, 11) is 0. The van der Waals surface area contributed by atoms with Crippen molar-refractivity contribution in [3.05, 3.63) is 0 Å². The zero-order valence-corrected chi connectivity index (χ0v) is 6.79. The van der Waals surface area contributed by atoms with Gasteiger partial charge in [0.05, 0.1) is 6.04 Å². The molecule has 0 heterocycles. The highest BCUT2D eigenvalue weighted by atomic mass is 16.5. The van der Waals surface area contributed by atoms with Gasteiger partial charge >= 0.3 is 0 Å². The monoisotopic (exact) mass is 145 g/mol. The third kappa shape index (κ3) is 2.35. The van der Waals surface area contributed by atoms with Gasteiger partial charge < -0.3 is 0 Å². The highest BCUT2D eigenvalue weighted by molar-refractivity contribution is 5.72. The van der Waals surface area contributed by atoms with Crippen LogP contribution in [0.5, 0.6) is 0 Å². The lowest BCUT2D eigenvalue weighted by molar-refractivity contribution is -0.173. The van der Waals surface area contributed by atoms with Gasteiger partial charge in [0.25, 0.3) is 0 Å². The molecule has 0 radical (unpaired) electrons. The Labute approximate surface area is 61.6 Å². The standard InChI is InChI=1S/C7H15NO2/c1-4-7(5-2)8(10)6(3)9/h7,10H,4-5H2,1-3H3. The molecular weight excluding hydrogens is 130 g/mol. The fourth-order valence-corrected chi connectivity index (χ4v) is 0.892. The van der Waals surface area contributed by atoms with Crippen LogP contribution in [-0.4, -0.2) is 22.2 Å². The van der Waals surface area contributed by atoms with Crippen molar-refractivity contribution in [1.82, 2.24) is 5.06 Å². The molecule has 0 aromatic rings. The lowest BCUT2D eigenvalue weighted by Crippen LogP contribution is -2.34.